The third kappa shape index (κ3) is 2.19. The Balaban J connectivity index is 2.83. The monoisotopic (exact) mass is 214 g/mol. The predicted molar refractivity (Wildman–Crippen MR) is 51.2 cm³/mol. The Morgan fingerprint density at radius 3 is 2.55 bits per heavy atom. The molecule has 1 aromatic rings. The van der Waals surface area contributed by atoms with Crippen molar-refractivity contribution < 1.29 is 0 Å². The normalized spacial score (nSPS) is 9.73. The molecule has 0 aliphatic carbocycles. The number of halogens is 1. The van der Waals surface area contributed by atoms with E-state index in [1.165, 1.54) is 5.56 Å². The maximum Gasteiger partial charge on any atom is 0.127 e. The van der Waals surface area contributed by atoms with E-state index in [1.54, 1.807) is 0 Å². The summed E-state index contributed by atoms with van der Waals surface area (Å²) in [6, 6.07) is 4.08. The van der Waals surface area contributed by atoms with Gasteiger partial charge < -0.3 is 4.90 Å². The SMILES string of the molecule is CN(C)c1ccc(CBr)cn1. The summed E-state index contributed by atoms with van der Waals surface area (Å²) < 4.78 is 0. The minimum Gasteiger partial charge on any atom is -0.363 e. The van der Waals surface area contributed by atoms with Crippen molar-refractivity contribution in [2.75, 3.05) is 19.0 Å². The van der Waals surface area contributed by atoms with E-state index in [-0.39, 0.29) is 0 Å². The van der Waals surface area contributed by atoms with Gasteiger partial charge >= 0.3 is 0 Å². The maximum absolute atomic E-state index is 4.24. The second kappa shape index (κ2) is 3.72. The van der Waals surface area contributed by atoms with E-state index < -0.39 is 0 Å². The third-order valence-corrected chi connectivity index (χ3v) is 2.07. The molecule has 0 bridgehead atoms. The molecule has 11 heavy (non-hydrogen) atoms. The van der Waals surface area contributed by atoms with Crippen LogP contribution in [-0.4, -0.2) is 19.1 Å². The summed E-state index contributed by atoms with van der Waals surface area (Å²) >= 11 is 3.37. The summed E-state index contributed by atoms with van der Waals surface area (Å²) in [4.78, 5) is 6.23. The quantitative estimate of drug-likeness (QED) is 0.702. The summed E-state index contributed by atoms with van der Waals surface area (Å²) in [5.74, 6) is 0.995. The van der Waals surface area contributed by atoms with E-state index in [0.717, 1.165) is 11.1 Å². The number of rotatable bonds is 2. The third-order valence-electron chi connectivity index (χ3n) is 1.42. The molecule has 0 fully saturated rings. The molecule has 3 heteroatoms. The Morgan fingerprint density at radius 1 is 1.45 bits per heavy atom. The van der Waals surface area contributed by atoms with Gasteiger partial charge in [-0.15, -0.1) is 0 Å². The van der Waals surface area contributed by atoms with Gasteiger partial charge in [0.15, 0.2) is 0 Å². The van der Waals surface area contributed by atoms with Gasteiger partial charge in [0.1, 0.15) is 5.82 Å². The highest BCUT2D eigenvalue weighted by Crippen LogP contribution is 2.09. The molecule has 0 spiro atoms. The first-order valence-corrected chi connectivity index (χ1v) is 4.54. The van der Waals surface area contributed by atoms with E-state index in [1.807, 2.05) is 31.3 Å². The Bertz CT molecular complexity index is 218. The van der Waals surface area contributed by atoms with Gasteiger partial charge in [-0.1, -0.05) is 22.0 Å². The van der Waals surface area contributed by atoms with E-state index in [4.69, 9.17) is 0 Å². The van der Waals surface area contributed by atoms with Gasteiger partial charge in [0.05, 0.1) is 0 Å². The van der Waals surface area contributed by atoms with Crippen molar-refractivity contribution in [3.63, 3.8) is 0 Å². The van der Waals surface area contributed by atoms with Gasteiger partial charge in [-0.05, 0) is 11.6 Å². The second-order valence-electron chi connectivity index (χ2n) is 2.55. The van der Waals surface area contributed by atoms with Crippen molar-refractivity contribution >= 4 is 21.7 Å². The van der Waals surface area contributed by atoms with Crippen molar-refractivity contribution in [2.24, 2.45) is 0 Å². The summed E-state index contributed by atoms with van der Waals surface area (Å²) in [7, 11) is 3.96. The van der Waals surface area contributed by atoms with Crippen LogP contribution in [0.1, 0.15) is 5.56 Å². The number of nitrogens with zero attached hydrogens (tertiary/aromatic N) is 2. The first-order valence-electron chi connectivity index (χ1n) is 3.42. The number of hydrogen-bond acceptors (Lipinski definition) is 2. The Morgan fingerprint density at radius 2 is 2.18 bits per heavy atom. The zero-order chi connectivity index (χ0) is 8.27. The minimum absolute atomic E-state index is 0.869. The van der Waals surface area contributed by atoms with E-state index in [9.17, 15) is 0 Å². The van der Waals surface area contributed by atoms with Crippen molar-refractivity contribution in [2.45, 2.75) is 5.33 Å². The number of anilines is 1. The van der Waals surface area contributed by atoms with Gasteiger partial charge in [0.25, 0.3) is 0 Å². The number of alkyl halides is 1. The fourth-order valence-corrected chi connectivity index (χ4v) is 1.09. The van der Waals surface area contributed by atoms with Gasteiger partial charge in [0, 0.05) is 25.6 Å². The van der Waals surface area contributed by atoms with Gasteiger partial charge in [-0.25, -0.2) is 4.98 Å². The lowest BCUT2D eigenvalue weighted by Crippen LogP contribution is -2.10. The summed E-state index contributed by atoms with van der Waals surface area (Å²) in [5, 5.41) is 0.869. The van der Waals surface area contributed by atoms with Crippen LogP contribution >= 0.6 is 15.9 Å². The lowest BCUT2D eigenvalue weighted by Gasteiger charge is -2.10. The highest BCUT2D eigenvalue weighted by Gasteiger charge is 1.95. The van der Waals surface area contributed by atoms with Crippen LogP contribution in [0.25, 0.3) is 0 Å². The number of hydrogen-bond donors (Lipinski definition) is 0. The summed E-state index contributed by atoms with van der Waals surface area (Å²) in [6.07, 6.45) is 1.88. The maximum atomic E-state index is 4.24. The van der Waals surface area contributed by atoms with Gasteiger partial charge in [0.2, 0.25) is 0 Å². The molecule has 0 unspecified atom stereocenters. The molecule has 1 heterocycles. The van der Waals surface area contributed by atoms with E-state index in [0.29, 0.717) is 0 Å². The molecule has 0 aliphatic heterocycles. The lowest BCUT2D eigenvalue weighted by atomic mass is 10.3. The molecule has 0 saturated heterocycles. The molecular formula is C8H11BrN2. The van der Waals surface area contributed by atoms with E-state index in [2.05, 4.69) is 27.0 Å². The van der Waals surface area contributed by atoms with Crippen LogP contribution in [0.5, 0.6) is 0 Å². The molecule has 0 aromatic carbocycles. The highest BCUT2D eigenvalue weighted by molar-refractivity contribution is 9.08. The predicted octanol–water partition coefficient (Wildman–Crippen LogP) is 2.04. The summed E-state index contributed by atoms with van der Waals surface area (Å²) in [6.45, 7) is 0. The first kappa shape index (κ1) is 8.53. The standard InChI is InChI=1S/C8H11BrN2/c1-11(2)8-4-3-7(5-9)6-10-8/h3-4,6H,5H2,1-2H3. The molecule has 0 aliphatic rings. The zero-order valence-corrected chi connectivity index (χ0v) is 8.30. The molecule has 0 radical (unpaired) electrons. The van der Waals surface area contributed by atoms with Crippen molar-refractivity contribution in [3.05, 3.63) is 23.9 Å². The van der Waals surface area contributed by atoms with Crippen LogP contribution in [0.3, 0.4) is 0 Å². The minimum atomic E-state index is 0.869. The van der Waals surface area contributed by atoms with Crippen molar-refractivity contribution in [3.8, 4) is 0 Å². The van der Waals surface area contributed by atoms with Gasteiger partial charge in [-0.3, -0.25) is 0 Å². The summed E-state index contributed by atoms with van der Waals surface area (Å²) in [5.41, 5.74) is 1.20. The van der Waals surface area contributed by atoms with Crippen molar-refractivity contribution in [1.29, 1.82) is 0 Å². The topological polar surface area (TPSA) is 16.1 Å². The molecule has 0 N–H and O–H groups in total. The number of aromatic nitrogens is 1. The average Bonchev–Trinajstić information content (AvgIpc) is 2.05. The average molecular weight is 215 g/mol. The zero-order valence-electron chi connectivity index (χ0n) is 6.71. The van der Waals surface area contributed by atoms with E-state index >= 15 is 0 Å². The van der Waals surface area contributed by atoms with Crippen LogP contribution in [0.15, 0.2) is 18.3 Å². The fourth-order valence-electron chi connectivity index (χ4n) is 0.760. The molecule has 1 rings (SSSR count). The second-order valence-corrected chi connectivity index (χ2v) is 3.11. The van der Waals surface area contributed by atoms with Crippen LogP contribution in [-0.2, 0) is 5.33 Å². The van der Waals surface area contributed by atoms with Crippen LogP contribution in [0.4, 0.5) is 5.82 Å². The molecule has 2 nitrogen and oxygen atoms in total. The molecule has 0 amide bonds. The van der Waals surface area contributed by atoms with Crippen LogP contribution < -0.4 is 4.90 Å². The molecule has 0 saturated carbocycles. The number of pyridine rings is 1. The van der Waals surface area contributed by atoms with Crippen molar-refractivity contribution in [1.82, 2.24) is 4.98 Å². The molecular weight excluding hydrogens is 204 g/mol. The smallest absolute Gasteiger partial charge is 0.127 e. The lowest BCUT2D eigenvalue weighted by molar-refractivity contribution is 1.06. The largest absolute Gasteiger partial charge is 0.363 e. The van der Waals surface area contributed by atoms with Crippen LogP contribution in [0.2, 0.25) is 0 Å². The highest BCUT2D eigenvalue weighted by atomic mass is 79.9. The Hall–Kier alpha value is -0.570. The Kier molecular flexibility index (Phi) is 2.88. The molecule has 0 atom stereocenters. The molecule has 1 aromatic heterocycles. The van der Waals surface area contributed by atoms with Crippen LogP contribution in [0, 0.1) is 0 Å². The van der Waals surface area contributed by atoms with Gasteiger partial charge in [-0.2, -0.15) is 0 Å². The molecule has 60 valence electrons. The Labute approximate surface area is 75.4 Å². The fraction of sp³-hybridized carbons (Fsp3) is 0.375. The first-order chi connectivity index (χ1) is 5.24.